The Morgan fingerprint density at radius 1 is 1.15 bits per heavy atom. The Morgan fingerprint density at radius 2 is 1.88 bits per heavy atom. The monoisotopic (exact) mass is 552 g/mol. The molecule has 2 heterocycles. The molecule has 0 aliphatic carbocycles. The van der Waals surface area contributed by atoms with E-state index < -0.39 is 29.4 Å². The topological polar surface area (TPSA) is 102 Å². The zero-order valence-corrected chi connectivity index (χ0v) is 21.4. The van der Waals surface area contributed by atoms with Gasteiger partial charge in [-0.15, -0.1) is 0 Å². The minimum Gasteiger partial charge on any atom is -0.355 e. The number of likely N-dealkylation sites (N-methyl/N-ethyl adjacent to an activating group) is 1. The van der Waals surface area contributed by atoms with Crippen LogP contribution in [0.2, 0.25) is 0 Å². The number of imidazole rings is 1. The fourth-order valence-electron chi connectivity index (χ4n) is 3.74. The van der Waals surface area contributed by atoms with Crippen LogP contribution in [0, 0.1) is 12.7 Å². The van der Waals surface area contributed by atoms with Gasteiger partial charge in [-0.3, -0.25) is 14.6 Å². The van der Waals surface area contributed by atoms with Gasteiger partial charge < -0.3 is 20.5 Å². The zero-order chi connectivity index (χ0) is 29.0. The second-order valence-electron chi connectivity index (χ2n) is 8.85. The molecule has 0 fully saturated rings. The maximum Gasteiger partial charge on any atom is 0.449 e. The number of nitrogens with zero attached hydrogens (tertiary/aromatic N) is 3. The molecule has 0 atom stereocenters. The number of carbonyl (C=O) groups excluding carboxylic acids is 2. The van der Waals surface area contributed by atoms with Gasteiger partial charge in [-0.05, 0) is 61.0 Å². The van der Waals surface area contributed by atoms with Crippen molar-refractivity contribution in [3.8, 4) is 11.3 Å². The normalized spacial score (nSPS) is 17.1. The van der Waals surface area contributed by atoms with Gasteiger partial charge in [-0.25, -0.2) is 9.37 Å². The second kappa shape index (κ2) is 11.4. The van der Waals surface area contributed by atoms with Gasteiger partial charge in [-0.1, -0.05) is 18.7 Å². The van der Waals surface area contributed by atoms with E-state index in [1.165, 1.54) is 23.4 Å². The van der Waals surface area contributed by atoms with Gasteiger partial charge in [0, 0.05) is 35.3 Å². The molecule has 8 nitrogen and oxygen atoms in total. The Bertz CT molecular complexity index is 1550. The van der Waals surface area contributed by atoms with Crippen LogP contribution >= 0.6 is 0 Å². The van der Waals surface area contributed by atoms with Crippen molar-refractivity contribution in [2.45, 2.75) is 13.1 Å². The molecule has 12 heteroatoms. The summed E-state index contributed by atoms with van der Waals surface area (Å²) in [6.45, 7) is 5.95. The lowest BCUT2D eigenvalue weighted by Gasteiger charge is -2.16. The molecule has 2 amide bonds. The SMILES string of the molecule is C=C1/C=C(Nc2cc(NC(=O)c3nc(C(F)(F)F)[nH]c3-c3ccc(F)cc3)ccc2C)\C=C/C/N=C\N(C)C1=O. The molecule has 1 aliphatic rings. The van der Waals surface area contributed by atoms with Crippen LogP contribution in [0.5, 0.6) is 0 Å². The molecule has 1 aliphatic heterocycles. The van der Waals surface area contributed by atoms with Crippen molar-refractivity contribution < 1.29 is 27.2 Å². The van der Waals surface area contributed by atoms with E-state index in [9.17, 15) is 27.2 Å². The number of rotatable bonds is 5. The van der Waals surface area contributed by atoms with E-state index >= 15 is 0 Å². The van der Waals surface area contributed by atoms with Crippen LogP contribution < -0.4 is 10.6 Å². The Balaban J connectivity index is 1.63. The minimum atomic E-state index is -4.84. The fraction of sp³-hybridized carbons (Fsp3) is 0.143. The van der Waals surface area contributed by atoms with E-state index in [0.717, 1.165) is 17.7 Å². The molecule has 4 rings (SSSR count). The molecule has 0 saturated carbocycles. The lowest BCUT2D eigenvalue weighted by atomic mass is 10.1. The van der Waals surface area contributed by atoms with Crippen LogP contribution in [0.3, 0.4) is 0 Å². The maximum atomic E-state index is 13.4. The van der Waals surface area contributed by atoms with Crippen molar-refractivity contribution >= 4 is 29.5 Å². The van der Waals surface area contributed by atoms with Gasteiger partial charge in [0.1, 0.15) is 5.82 Å². The molecular weight excluding hydrogens is 528 g/mol. The Kier molecular flexibility index (Phi) is 7.98. The van der Waals surface area contributed by atoms with Crippen LogP contribution in [-0.2, 0) is 11.0 Å². The van der Waals surface area contributed by atoms with Crippen LogP contribution in [0.15, 0.2) is 83.5 Å². The first-order valence-corrected chi connectivity index (χ1v) is 11.9. The number of anilines is 2. The number of hydrogen-bond donors (Lipinski definition) is 3. The van der Waals surface area contributed by atoms with E-state index in [1.807, 2.05) is 6.92 Å². The number of amides is 2. The number of nitrogens with one attached hydrogen (secondary N) is 3. The average Bonchev–Trinajstić information content (AvgIpc) is 3.36. The van der Waals surface area contributed by atoms with Crippen LogP contribution in [0.1, 0.15) is 21.9 Å². The van der Waals surface area contributed by atoms with E-state index in [2.05, 4.69) is 32.2 Å². The third-order valence-corrected chi connectivity index (χ3v) is 5.78. The third-order valence-electron chi connectivity index (χ3n) is 5.78. The molecule has 0 saturated heterocycles. The number of H-pyrrole nitrogens is 1. The van der Waals surface area contributed by atoms with E-state index in [4.69, 9.17) is 0 Å². The van der Waals surface area contributed by atoms with Gasteiger partial charge in [0.25, 0.3) is 11.8 Å². The summed E-state index contributed by atoms with van der Waals surface area (Å²) in [5.41, 5.74) is 1.77. The molecule has 40 heavy (non-hydrogen) atoms. The Labute approximate surface area is 226 Å². The zero-order valence-electron chi connectivity index (χ0n) is 21.4. The molecule has 0 spiro atoms. The molecule has 0 radical (unpaired) electrons. The molecule has 2 aromatic carbocycles. The number of halogens is 4. The van der Waals surface area contributed by atoms with E-state index in [-0.39, 0.29) is 28.4 Å². The highest BCUT2D eigenvalue weighted by Crippen LogP contribution is 2.32. The van der Waals surface area contributed by atoms with Gasteiger partial charge in [0.15, 0.2) is 5.69 Å². The summed E-state index contributed by atoms with van der Waals surface area (Å²) in [5, 5.41) is 5.76. The number of alkyl halides is 3. The number of allylic oxidation sites excluding steroid dienone is 1. The summed E-state index contributed by atoms with van der Waals surface area (Å²) in [4.78, 5) is 36.6. The lowest BCUT2D eigenvalue weighted by Crippen LogP contribution is -2.26. The fourth-order valence-corrected chi connectivity index (χ4v) is 3.74. The number of benzene rings is 2. The van der Waals surface area contributed by atoms with Crippen LogP contribution in [0.25, 0.3) is 11.3 Å². The number of aromatic amines is 1. The van der Waals surface area contributed by atoms with Crippen molar-refractivity contribution in [2.75, 3.05) is 24.2 Å². The Hall–Kier alpha value is -5.00. The molecule has 0 bridgehead atoms. The first-order valence-electron chi connectivity index (χ1n) is 11.9. The van der Waals surface area contributed by atoms with Crippen molar-refractivity contribution in [2.24, 2.45) is 4.99 Å². The molecular formula is C28H24F4N6O2. The summed E-state index contributed by atoms with van der Waals surface area (Å²) >= 11 is 0. The van der Waals surface area contributed by atoms with Crippen LogP contribution in [0.4, 0.5) is 28.9 Å². The third kappa shape index (κ3) is 6.52. The van der Waals surface area contributed by atoms with Crippen molar-refractivity contribution in [3.63, 3.8) is 0 Å². The molecule has 3 aromatic rings. The number of aromatic nitrogens is 2. The van der Waals surface area contributed by atoms with Crippen LogP contribution in [-0.4, -0.2) is 46.6 Å². The van der Waals surface area contributed by atoms with Gasteiger partial charge in [0.05, 0.1) is 18.6 Å². The lowest BCUT2D eigenvalue weighted by molar-refractivity contribution is -0.144. The highest BCUT2D eigenvalue weighted by molar-refractivity contribution is 6.07. The quantitative estimate of drug-likeness (QED) is 0.279. The van der Waals surface area contributed by atoms with Crippen molar-refractivity contribution in [1.82, 2.24) is 14.9 Å². The second-order valence-corrected chi connectivity index (χ2v) is 8.85. The number of aliphatic imine (C=N–C) groups is 1. The summed E-state index contributed by atoms with van der Waals surface area (Å²) in [7, 11) is 1.57. The van der Waals surface area contributed by atoms with Crippen molar-refractivity contribution in [3.05, 3.63) is 101 Å². The predicted molar refractivity (Wildman–Crippen MR) is 144 cm³/mol. The van der Waals surface area contributed by atoms with Gasteiger partial charge >= 0.3 is 6.18 Å². The minimum absolute atomic E-state index is 0.153. The predicted octanol–water partition coefficient (Wildman–Crippen LogP) is 5.70. The summed E-state index contributed by atoms with van der Waals surface area (Å²) in [6, 6.07) is 9.50. The summed E-state index contributed by atoms with van der Waals surface area (Å²) in [5.74, 6) is -3.19. The molecule has 0 unspecified atom stereocenters. The maximum absolute atomic E-state index is 13.4. The van der Waals surface area contributed by atoms with E-state index in [0.29, 0.717) is 17.9 Å². The summed E-state index contributed by atoms with van der Waals surface area (Å²) in [6.07, 6.45) is 1.65. The van der Waals surface area contributed by atoms with Gasteiger partial charge in [0.2, 0.25) is 5.82 Å². The highest BCUT2D eigenvalue weighted by Gasteiger charge is 2.37. The Morgan fingerprint density at radius 3 is 2.58 bits per heavy atom. The molecule has 1 aromatic heterocycles. The highest BCUT2D eigenvalue weighted by atomic mass is 19.4. The number of aryl methyl sites for hydroxylation is 1. The number of hydrogen-bond acceptors (Lipinski definition) is 5. The molecule has 3 N–H and O–H groups in total. The van der Waals surface area contributed by atoms with Crippen molar-refractivity contribution in [1.29, 1.82) is 0 Å². The van der Waals surface area contributed by atoms with E-state index in [1.54, 1.807) is 43.5 Å². The van der Waals surface area contributed by atoms with Gasteiger partial charge in [-0.2, -0.15) is 13.2 Å². The summed E-state index contributed by atoms with van der Waals surface area (Å²) < 4.78 is 53.6. The first-order chi connectivity index (χ1) is 18.9. The first kappa shape index (κ1) is 28.0. The average molecular weight is 553 g/mol. The smallest absolute Gasteiger partial charge is 0.355 e. The standard InChI is InChI=1S/C28H24F4N6O2/c1-16-6-11-21(14-22(16)34-20-5-4-12-33-15-38(3)26(40)17(2)13-20)35-25(39)24-23(18-7-9-19(29)10-8-18)36-27(37-24)28(30,31)32/h4-11,13-15,34H,2,12H2,1,3H3,(H,35,39)(H,36,37)/b5-4-,20-13+,33-15-. The number of carbonyl (C=O) groups is 2. The largest absolute Gasteiger partial charge is 0.449 e. The molecule has 206 valence electrons.